The van der Waals surface area contributed by atoms with Gasteiger partial charge in [-0.2, -0.15) is 0 Å². The largest absolute Gasteiger partial charge is 0.381 e. The Morgan fingerprint density at radius 2 is 2.11 bits per heavy atom. The number of carbonyl (C=O) groups excluding carboxylic acids is 1. The van der Waals surface area contributed by atoms with Crippen LogP contribution in [0.4, 0.5) is 4.39 Å². The first-order valence-electron chi connectivity index (χ1n) is 6.80. The van der Waals surface area contributed by atoms with Crippen LogP contribution >= 0.6 is 11.6 Å². The van der Waals surface area contributed by atoms with Gasteiger partial charge in [0.2, 0.25) is 0 Å². The molecule has 1 unspecified atom stereocenters. The summed E-state index contributed by atoms with van der Waals surface area (Å²) in [6.07, 6.45) is 5.30. The number of hydrogen-bond acceptors (Lipinski definition) is 2. The zero-order valence-corrected chi connectivity index (χ0v) is 11.2. The van der Waals surface area contributed by atoms with E-state index in [4.69, 9.17) is 16.3 Å². The maximum Gasteiger partial charge on any atom is 0.273 e. The number of likely N-dealkylation sites (tertiary alicyclic amines) is 1. The first-order chi connectivity index (χ1) is 8.64. The van der Waals surface area contributed by atoms with Crippen molar-refractivity contribution in [3.8, 4) is 0 Å². The van der Waals surface area contributed by atoms with Gasteiger partial charge < -0.3 is 9.64 Å². The predicted molar refractivity (Wildman–Crippen MR) is 66.1 cm³/mol. The van der Waals surface area contributed by atoms with Crippen molar-refractivity contribution >= 4 is 17.5 Å². The Morgan fingerprint density at radius 1 is 1.39 bits per heavy atom. The van der Waals surface area contributed by atoms with E-state index < -0.39 is 11.5 Å². The second-order valence-corrected chi connectivity index (χ2v) is 6.23. The molecule has 1 saturated carbocycles. The lowest BCUT2D eigenvalue weighted by Crippen LogP contribution is -2.40. The van der Waals surface area contributed by atoms with Crippen LogP contribution in [0.15, 0.2) is 0 Å². The molecule has 2 heterocycles. The average molecular weight is 276 g/mol. The number of carbonyl (C=O) groups is 1. The zero-order chi connectivity index (χ0) is 12.8. The van der Waals surface area contributed by atoms with Gasteiger partial charge in [-0.3, -0.25) is 4.79 Å². The van der Waals surface area contributed by atoms with E-state index in [0.717, 1.165) is 45.3 Å². The fourth-order valence-corrected chi connectivity index (χ4v) is 4.40. The fraction of sp³-hybridized carbons (Fsp3) is 0.923. The highest BCUT2D eigenvalue weighted by molar-refractivity contribution is 6.29. The van der Waals surface area contributed by atoms with Crippen molar-refractivity contribution in [3.05, 3.63) is 0 Å². The second kappa shape index (κ2) is 4.64. The third-order valence-electron chi connectivity index (χ3n) is 5.11. The Hall–Kier alpha value is -0.350. The molecule has 3 atom stereocenters. The molecule has 5 heteroatoms. The number of fused-ring (bicyclic) bond motifs is 2. The monoisotopic (exact) mass is 275 g/mol. The Labute approximate surface area is 112 Å². The first-order valence-corrected chi connectivity index (χ1v) is 7.24. The number of rotatable bonds is 1. The average Bonchev–Trinajstić information content (AvgIpc) is 2.94. The molecule has 3 nitrogen and oxygen atoms in total. The van der Waals surface area contributed by atoms with Crippen molar-refractivity contribution in [2.45, 2.75) is 43.8 Å². The lowest BCUT2D eigenvalue weighted by molar-refractivity contribution is -0.135. The van der Waals surface area contributed by atoms with Crippen LogP contribution in [0.1, 0.15) is 32.1 Å². The number of alkyl halides is 2. The van der Waals surface area contributed by atoms with Crippen molar-refractivity contribution in [2.24, 2.45) is 11.3 Å². The summed E-state index contributed by atoms with van der Waals surface area (Å²) in [5.74, 6) is -0.00213. The Morgan fingerprint density at radius 3 is 2.78 bits per heavy atom. The van der Waals surface area contributed by atoms with Gasteiger partial charge in [0.05, 0.1) is 0 Å². The molecule has 2 saturated heterocycles. The summed E-state index contributed by atoms with van der Waals surface area (Å²) >= 11 is 5.34. The van der Waals surface area contributed by atoms with E-state index in [-0.39, 0.29) is 11.5 Å². The molecular weight excluding hydrogens is 257 g/mol. The van der Waals surface area contributed by atoms with Crippen molar-refractivity contribution in [3.63, 3.8) is 0 Å². The fourth-order valence-electron chi connectivity index (χ4n) is 4.28. The Balaban J connectivity index is 1.84. The SMILES string of the molecule is O=C(C(F)Cl)N1CC2(CCOCC2)[C@@H]2CCC[C@@H]21. The van der Waals surface area contributed by atoms with Crippen LogP contribution in [-0.2, 0) is 9.53 Å². The summed E-state index contributed by atoms with van der Waals surface area (Å²) in [6.45, 7) is 2.22. The van der Waals surface area contributed by atoms with Gasteiger partial charge in [0.15, 0.2) is 0 Å². The highest BCUT2D eigenvalue weighted by Crippen LogP contribution is 2.53. The topological polar surface area (TPSA) is 29.5 Å². The van der Waals surface area contributed by atoms with Crippen LogP contribution in [0.25, 0.3) is 0 Å². The number of hydrogen-bond donors (Lipinski definition) is 0. The maximum atomic E-state index is 13.1. The minimum atomic E-state index is -1.89. The summed E-state index contributed by atoms with van der Waals surface area (Å²) in [6, 6.07) is 0.215. The molecule has 3 fully saturated rings. The molecular formula is C13H19ClFNO2. The van der Waals surface area contributed by atoms with Gasteiger partial charge in [-0.1, -0.05) is 18.0 Å². The lowest BCUT2D eigenvalue weighted by atomic mass is 9.71. The molecule has 102 valence electrons. The van der Waals surface area contributed by atoms with Gasteiger partial charge in [-0.25, -0.2) is 4.39 Å². The van der Waals surface area contributed by atoms with Gasteiger partial charge >= 0.3 is 0 Å². The Bertz CT molecular complexity index is 344. The first kappa shape index (κ1) is 12.7. The maximum absolute atomic E-state index is 13.1. The van der Waals surface area contributed by atoms with Crippen molar-refractivity contribution in [1.29, 1.82) is 0 Å². The molecule has 1 spiro atoms. The number of halogens is 2. The van der Waals surface area contributed by atoms with Crippen molar-refractivity contribution in [2.75, 3.05) is 19.8 Å². The van der Waals surface area contributed by atoms with Crippen LogP contribution < -0.4 is 0 Å². The van der Waals surface area contributed by atoms with E-state index >= 15 is 0 Å². The molecule has 1 amide bonds. The van der Waals surface area contributed by atoms with Gasteiger partial charge in [0.25, 0.3) is 11.5 Å². The van der Waals surface area contributed by atoms with Gasteiger partial charge in [0, 0.05) is 25.8 Å². The summed E-state index contributed by atoms with van der Waals surface area (Å²) < 4.78 is 18.6. The molecule has 0 aromatic rings. The van der Waals surface area contributed by atoms with E-state index in [0.29, 0.717) is 12.5 Å². The zero-order valence-electron chi connectivity index (χ0n) is 10.4. The lowest BCUT2D eigenvalue weighted by Gasteiger charge is -2.37. The van der Waals surface area contributed by atoms with Gasteiger partial charge in [-0.05, 0) is 37.0 Å². The standard InChI is InChI=1S/C13H19ClFNO2/c14-11(15)12(17)16-8-13(4-6-18-7-5-13)9-2-1-3-10(9)16/h9-11H,1-8H2/t9-,10+,11?/m1/s1. The number of amides is 1. The smallest absolute Gasteiger partial charge is 0.273 e. The molecule has 0 radical (unpaired) electrons. The van der Waals surface area contributed by atoms with Crippen LogP contribution in [0.3, 0.4) is 0 Å². The van der Waals surface area contributed by atoms with E-state index in [2.05, 4.69) is 0 Å². The molecule has 0 aromatic heterocycles. The molecule has 0 N–H and O–H groups in total. The van der Waals surface area contributed by atoms with E-state index in [9.17, 15) is 9.18 Å². The molecule has 3 rings (SSSR count). The molecule has 3 aliphatic rings. The number of ether oxygens (including phenoxy) is 1. The van der Waals surface area contributed by atoms with Crippen LogP contribution in [0.5, 0.6) is 0 Å². The van der Waals surface area contributed by atoms with Gasteiger partial charge in [0.1, 0.15) is 0 Å². The summed E-state index contributed by atoms with van der Waals surface area (Å²) in [7, 11) is 0. The molecule has 0 bridgehead atoms. The third kappa shape index (κ3) is 1.85. The molecule has 18 heavy (non-hydrogen) atoms. The van der Waals surface area contributed by atoms with E-state index in [1.165, 1.54) is 0 Å². The number of nitrogens with zero attached hydrogens (tertiary/aromatic N) is 1. The molecule has 1 aliphatic carbocycles. The van der Waals surface area contributed by atoms with Crippen LogP contribution in [-0.4, -0.2) is 42.2 Å². The Kier molecular flexibility index (Phi) is 3.27. The normalized spacial score (nSPS) is 35.8. The van der Waals surface area contributed by atoms with Crippen molar-refractivity contribution < 1.29 is 13.9 Å². The second-order valence-electron chi connectivity index (χ2n) is 5.85. The highest BCUT2D eigenvalue weighted by Gasteiger charge is 2.56. The quantitative estimate of drug-likeness (QED) is 0.688. The predicted octanol–water partition coefficient (Wildman–Crippen LogP) is 2.33. The van der Waals surface area contributed by atoms with Crippen molar-refractivity contribution in [1.82, 2.24) is 4.90 Å². The summed E-state index contributed by atoms with van der Waals surface area (Å²) in [4.78, 5) is 13.6. The van der Waals surface area contributed by atoms with Crippen LogP contribution in [0, 0.1) is 11.3 Å². The van der Waals surface area contributed by atoms with Gasteiger partial charge in [-0.15, -0.1) is 0 Å². The van der Waals surface area contributed by atoms with E-state index in [1.54, 1.807) is 4.90 Å². The summed E-state index contributed by atoms with van der Waals surface area (Å²) in [5.41, 5.74) is -1.72. The molecule has 2 aliphatic heterocycles. The molecule has 0 aromatic carbocycles. The third-order valence-corrected chi connectivity index (χ3v) is 5.30. The highest BCUT2D eigenvalue weighted by atomic mass is 35.5. The van der Waals surface area contributed by atoms with Crippen LogP contribution in [0.2, 0.25) is 0 Å². The summed E-state index contributed by atoms with van der Waals surface area (Å²) in [5, 5.41) is 0. The minimum Gasteiger partial charge on any atom is -0.381 e. The van der Waals surface area contributed by atoms with E-state index in [1.807, 2.05) is 0 Å². The minimum absolute atomic E-state index is 0.168.